The van der Waals surface area contributed by atoms with Crippen LogP contribution in [-0.2, 0) is 19.9 Å². The molecule has 0 radical (unpaired) electrons. The van der Waals surface area contributed by atoms with Gasteiger partial charge in [0.2, 0.25) is 12.3 Å². The lowest BCUT2D eigenvalue weighted by Gasteiger charge is -2.48. The molecule has 2 amide bonds. The van der Waals surface area contributed by atoms with E-state index in [9.17, 15) is 27.2 Å². The summed E-state index contributed by atoms with van der Waals surface area (Å²) in [5, 5.41) is 2.93. The Hall–Kier alpha value is -3.66. The fourth-order valence-corrected chi connectivity index (χ4v) is 5.53. The van der Waals surface area contributed by atoms with Crippen LogP contribution in [0.3, 0.4) is 0 Å². The molecule has 2 unspecified atom stereocenters. The van der Waals surface area contributed by atoms with Crippen molar-refractivity contribution < 1.29 is 36.3 Å². The molecule has 1 aromatic heterocycles. The van der Waals surface area contributed by atoms with E-state index >= 15 is 0 Å². The fraction of sp³-hybridized carbons (Fsp3) is 0.400. The quantitative estimate of drug-likeness (QED) is 0.305. The SMILES string of the molecule is COC(C)(c1cccc(-c2ccoc2)c1)C(F)(F)F.O=CN1CCC2(CC1)CC(=O)NCC2c1ccc(F)cc1. The number of alkyl halides is 3. The molecule has 2 aliphatic rings. The molecular formula is C30H32F4N2O4. The number of hydrogen-bond donors (Lipinski definition) is 1. The number of nitrogens with one attached hydrogen (secondary N) is 1. The first-order valence-corrected chi connectivity index (χ1v) is 13.0. The van der Waals surface area contributed by atoms with E-state index in [-0.39, 0.29) is 28.6 Å². The number of carbonyl (C=O) groups is 2. The molecule has 3 aromatic rings. The van der Waals surface area contributed by atoms with E-state index in [4.69, 9.17) is 9.15 Å². The number of halogens is 4. The van der Waals surface area contributed by atoms with Crippen molar-refractivity contribution in [2.45, 2.75) is 43.9 Å². The highest BCUT2D eigenvalue weighted by Crippen LogP contribution is 2.48. The Morgan fingerprint density at radius 1 is 1.07 bits per heavy atom. The molecule has 0 saturated carbocycles. The summed E-state index contributed by atoms with van der Waals surface area (Å²) in [5.74, 6) is 0.0148. The monoisotopic (exact) mass is 560 g/mol. The Kier molecular flexibility index (Phi) is 8.68. The van der Waals surface area contributed by atoms with E-state index in [1.807, 2.05) is 12.1 Å². The lowest BCUT2D eigenvalue weighted by molar-refractivity contribution is -0.269. The Balaban J connectivity index is 0.000000186. The van der Waals surface area contributed by atoms with Crippen LogP contribution < -0.4 is 5.32 Å². The summed E-state index contributed by atoms with van der Waals surface area (Å²) in [4.78, 5) is 24.5. The number of piperidine rings is 2. The van der Waals surface area contributed by atoms with Crippen LogP contribution in [0.15, 0.2) is 71.5 Å². The molecule has 3 heterocycles. The summed E-state index contributed by atoms with van der Waals surface area (Å²) in [7, 11) is 1.05. The van der Waals surface area contributed by atoms with Gasteiger partial charge in [0.15, 0.2) is 5.60 Å². The number of carbonyl (C=O) groups excluding carboxylic acids is 2. The highest BCUT2D eigenvalue weighted by atomic mass is 19.4. The molecule has 2 aromatic carbocycles. The maximum absolute atomic E-state index is 13.1. The summed E-state index contributed by atoms with van der Waals surface area (Å²) in [5.41, 5.74) is 0.0604. The highest BCUT2D eigenvalue weighted by Gasteiger charge is 2.53. The number of furan rings is 1. The van der Waals surface area contributed by atoms with E-state index in [1.54, 1.807) is 23.1 Å². The van der Waals surface area contributed by atoms with Crippen LogP contribution in [0, 0.1) is 11.2 Å². The predicted octanol–water partition coefficient (Wildman–Crippen LogP) is 6.04. The summed E-state index contributed by atoms with van der Waals surface area (Å²) < 4.78 is 62.1. The summed E-state index contributed by atoms with van der Waals surface area (Å²) in [6.07, 6.45) is 1.47. The van der Waals surface area contributed by atoms with Gasteiger partial charge in [-0.2, -0.15) is 13.2 Å². The number of methoxy groups -OCH3 is 1. The van der Waals surface area contributed by atoms with Gasteiger partial charge >= 0.3 is 6.18 Å². The molecule has 0 aliphatic carbocycles. The molecule has 5 rings (SSSR count). The Labute approximate surface area is 230 Å². The molecular weight excluding hydrogens is 528 g/mol. The lowest BCUT2D eigenvalue weighted by Crippen LogP contribution is -2.51. The van der Waals surface area contributed by atoms with Gasteiger partial charge in [0, 0.05) is 44.6 Å². The third-order valence-electron chi connectivity index (χ3n) is 8.19. The average molecular weight is 561 g/mol. The van der Waals surface area contributed by atoms with Gasteiger partial charge in [-0.15, -0.1) is 0 Å². The van der Waals surface area contributed by atoms with Gasteiger partial charge in [-0.3, -0.25) is 9.59 Å². The number of likely N-dealkylation sites (tertiary alicyclic amines) is 1. The minimum Gasteiger partial charge on any atom is -0.472 e. The number of nitrogens with zero attached hydrogens (tertiary/aromatic N) is 1. The number of amides is 2. The van der Waals surface area contributed by atoms with Crippen LogP contribution in [0.4, 0.5) is 17.6 Å². The molecule has 40 heavy (non-hydrogen) atoms. The molecule has 2 atom stereocenters. The minimum atomic E-state index is -4.49. The zero-order chi connectivity index (χ0) is 29.0. The molecule has 1 N–H and O–H groups in total. The number of benzene rings is 2. The van der Waals surface area contributed by atoms with Crippen molar-refractivity contribution in [1.29, 1.82) is 0 Å². The van der Waals surface area contributed by atoms with E-state index in [0.717, 1.165) is 44.4 Å². The maximum Gasteiger partial charge on any atom is 0.421 e. The van der Waals surface area contributed by atoms with Gasteiger partial charge in [-0.1, -0.05) is 30.3 Å². The average Bonchev–Trinajstić information content (AvgIpc) is 3.49. The van der Waals surface area contributed by atoms with Crippen LogP contribution in [0.1, 0.15) is 43.2 Å². The van der Waals surface area contributed by atoms with Crippen molar-refractivity contribution in [3.63, 3.8) is 0 Å². The van der Waals surface area contributed by atoms with E-state index in [0.29, 0.717) is 31.6 Å². The zero-order valence-electron chi connectivity index (χ0n) is 22.3. The first-order valence-electron chi connectivity index (χ1n) is 13.0. The van der Waals surface area contributed by atoms with Gasteiger partial charge < -0.3 is 19.4 Å². The summed E-state index contributed by atoms with van der Waals surface area (Å²) in [6, 6.07) is 14.4. The number of hydrogen-bond acceptors (Lipinski definition) is 4. The van der Waals surface area contributed by atoms with Crippen molar-refractivity contribution in [1.82, 2.24) is 10.2 Å². The lowest BCUT2D eigenvalue weighted by atomic mass is 9.62. The first-order chi connectivity index (χ1) is 19.0. The molecule has 214 valence electrons. The summed E-state index contributed by atoms with van der Waals surface area (Å²) >= 11 is 0. The standard InChI is InChI=1S/C16H19FN2O2.C14H13F3O2/c17-13-3-1-12(2-4-13)14-10-18-15(21)9-16(14)5-7-19(11-20)8-6-16;1-13(18-2,14(15,16)17)12-5-3-4-10(8-12)11-6-7-19-9-11/h1-4,11,14H,5-10H2,(H,18,21);3-9H,1-2H3. The van der Waals surface area contributed by atoms with Gasteiger partial charge in [0.1, 0.15) is 5.82 Å². The molecule has 2 fully saturated rings. The van der Waals surface area contributed by atoms with Gasteiger partial charge in [-0.05, 0) is 66.1 Å². The van der Waals surface area contributed by atoms with E-state index in [1.165, 1.54) is 36.8 Å². The fourth-order valence-electron chi connectivity index (χ4n) is 5.53. The smallest absolute Gasteiger partial charge is 0.421 e. The molecule has 10 heteroatoms. The van der Waals surface area contributed by atoms with Gasteiger partial charge in [0.25, 0.3) is 0 Å². The number of rotatable bonds is 5. The van der Waals surface area contributed by atoms with Crippen molar-refractivity contribution in [2.75, 3.05) is 26.7 Å². The van der Waals surface area contributed by atoms with Crippen LogP contribution in [0.25, 0.3) is 11.1 Å². The molecule has 2 aliphatic heterocycles. The van der Waals surface area contributed by atoms with Crippen LogP contribution >= 0.6 is 0 Å². The molecule has 6 nitrogen and oxygen atoms in total. The first kappa shape index (κ1) is 29.3. The zero-order valence-corrected chi connectivity index (χ0v) is 22.3. The largest absolute Gasteiger partial charge is 0.472 e. The second-order valence-electron chi connectivity index (χ2n) is 10.4. The van der Waals surface area contributed by atoms with Crippen LogP contribution in [0.5, 0.6) is 0 Å². The Morgan fingerprint density at radius 2 is 1.77 bits per heavy atom. The topological polar surface area (TPSA) is 71.8 Å². The van der Waals surface area contributed by atoms with Crippen molar-refractivity contribution in [3.05, 3.63) is 84.1 Å². The number of ether oxygens (including phenoxy) is 1. The van der Waals surface area contributed by atoms with Crippen LogP contribution in [-0.4, -0.2) is 50.1 Å². The molecule has 0 bridgehead atoms. The van der Waals surface area contributed by atoms with Gasteiger partial charge in [0.05, 0.1) is 12.5 Å². The Bertz CT molecular complexity index is 1290. The van der Waals surface area contributed by atoms with Crippen molar-refractivity contribution in [3.8, 4) is 11.1 Å². The highest BCUT2D eigenvalue weighted by molar-refractivity contribution is 5.78. The third kappa shape index (κ3) is 6.06. The van der Waals surface area contributed by atoms with Crippen molar-refractivity contribution >= 4 is 12.3 Å². The predicted molar refractivity (Wildman–Crippen MR) is 141 cm³/mol. The normalized spacial score (nSPS) is 20.2. The van der Waals surface area contributed by atoms with Crippen LogP contribution in [0.2, 0.25) is 0 Å². The van der Waals surface area contributed by atoms with E-state index in [2.05, 4.69) is 5.32 Å². The van der Waals surface area contributed by atoms with E-state index < -0.39 is 11.8 Å². The maximum atomic E-state index is 13.1. The summed E-state index contributed by atoms with van der Waals surface area (Å²) in [6.45, 7) is 2.98. The second kappa shape index (κ2) is 11.8. The Morgan fingerprint density at radius 3 is 2.35 bits per heavy atom. The second-order valence-corrected chi connectivity index (χ2v) is 10.4. The molecule has 1 spiro atoms. The third-order valence-corrected chi connectivity index (χ3v) is 8.19. The minimum absolute atomic E-state index is 0.0567. The molecule has 2 saturated heterocycles. The van der Waals surface area contributed by atoms with Gasteiger partial charge in [-0.25, -0.2) is 4.39 Å². The van der Waals surface area contributed by atoms with Crippen molar-refractivity contribution in [2.24, 2.45) is 5.41 Å².